The number of likely N-dealkylation sites (N-methyl/N-ethyl adjacent to an activating group) is 1. The smallest absolute Gasteiger partial charge is 0.260 e. The summed E-state index contributed by atoms with van der Waals surface area (Å²) < 4.78 is 49.8. The van der Waals surface area contributed by atoms with Crippen LogP contribution in [0.5, 0.6) is 11.5 Å². The van der Waals surface area contributed by atoms with Crippen LogP contribution in [-0.4, -0.2) is 109 Å². The Kier molecular flexibility index (Phi) is 12.3. The van der Waals surface area contributed by atoms with E-state index in [9.17, 15) is 13.2 Å². The number of hydrogen-bond donors (Lipinski definition) is 0. The molecule has 2 aromatic carbocycles. The first-order valence-electron chi connectivity index (χ1n) is 13.4. The zero-order valence-electron chi connectivity index (χ0n) is 24.6. The zero-order chi connectivity index (χ0) is 30.0. The molecule has 41 heavy (non-hydrogen) atoms. The highest BCUT2D eigenvalue weighted by molar-refractivity contribution is 7.89. The molecular formula is C28H40N4O7S2. The molecule has 11 nitrogen and oxygen atoms in total. The van der Waals surface area contributed by atoms with E-state index in [2.05, 4.69) is 18.7 Å². The van der Waals surface area contributed by atoms with Crippen molar-refractivity contribution in [1.82, 2.24) is 14.2 Å². The summed E-state index contributed by atoms with van der Waals surface area (Å²) >= 11 is 1.38. The molecule has 0 unspecified atom stereocenters. The number of rotatable bonds is 17. The van der Waals surface area contributed by atoms with Crippen LogP contribution in [0.3, 0.4) is 0 Å². The Balaban J connectivity index is 1.95. The summed E-state index contributed by atoms with van der Waals surface area (Å²) in [6, 6.07) is 9.66. The molecule has 1 heterocycles. The number of benzene rings is 2. The average Bonchev–Trinajstić information content (AvgIpc) is 3.40. The Morgan fingerprint density at radius 3 is 1.98 bits per heavy atom. The molecule has 0 saturated carbocycles. The molecule has 0 fully saturated rings. The van der Waals surface area contributed by atoms with E-state index < -0.39 is 10.0 Å². The maximum Gasteiger partial charge on any atom is 0.260 e. The van der Waals surface area contributed by atoms with Crippen molar-refractivity contribution >= 4 is 42.6 Å². The van der Waals surface area contributed by atoms with Crippen molar-refractivity contribution in [2.45, 2.75) is 18.7 Å². The minimum absolute atomic E-state index is 0.0927. The lowest BCUT2D eigenvalue weighted by molar-refractivity contribution is 0.0983. The van der Waals surface area contributed by atoms with Gasteiger partial charge in [0.2, 0.25) is 10.0 Å². The summed E-state index contributed by atoms with van der Waals surface area (Å²) in [6.07, 6.45) is 0. The van der Waals surface area contributed by atoms with Crippen molar-refractivity contribution in [1.29, 1.82) is 0 Å². The lowest BCUT2D eigenvalue weighted by atomic mass is 10.2. The van der Waals surface area contributed by atoms with Crippen LogP contribution in [0.25, 0.3) is 10.2 Å². The van der Waals surface area contributed by atoms with Gasteiger partial charge in [0.15, 0.2) is 16.6 Å². The van der Waals surface area contributed by atoms with Gasteiger partial charge in [0.1, 0.15) is 0 Å². The molecular weight excluding hydrogens is 568 g/mol. The first kappa shape index (κ1) is 32.7. The quantitative estimate of drug-likeness (QED) is 0.227. The van der Waals surface area contributed by atoms with E-state index in [0.29, 0.717) is 40.8 Å². The lowest BCUT2D eigenvalue weighted by Gasteiger charge is -2.25. The molecule has 0 bridgehead atoms. The Morgan fingerprint density at radius 1 is 0.854 bits per heavy atom. The monoisotopic (exact) mass is 608 g/mol. The van der Waals surface area contributed by atoms with Gasteiger partial charge in [0.05, 0.1) is 42.5 Å². The van der Waals surface area contributed by atoms with Gasteiger partial charge >= 0.3 is 0 Å². The van der Waals surface area contributed by atoms with Gasteiger partial charge in [-0.25, -0.2) is 13.4 Å². The van der Waals surface area contributed by atoms with E-state index >= 15 is 0 Å². The van der Waals surface area contributed by atoms with Crippen molar-refractivity contribution < 1.29 is 32.2 Å². The highest BCUT2D eigenvalue weighted by atomic mass is 32.2. The van der Waals surface area contributed by atoms with E-state index in [1.807, 2.05) is 6.07 Å². The third-order valence-electron chi connectivity index (χ3n) is 6.72. The van der Waals surface area contributed by atoms with E-state index in [1.165, 1.54) is 42.0 Å². The van der Waals surface area contributed by atoms with Gasteiger partial charge in [-0.3, -0.25) is 9.69 Å². The predicted molar refractivity (Wildman–Crippen MR) is 161 cm³/mol. The molecule has 0 saturated heterocycles. The van der Waals surface area contributed by atoms with Crippen molar-refractivity contribution in [3.8, 4) is 11.5 Å². The van der Waals surface area contributed by atoms with Crippen LogP contribution in [0.4, 0.5) is 5.13 Å². The summed E-state index contributed by atoms with van der Waals surface area (Å²) in [5.74, 6) is 0.868. The number of amides is 1. The van der Waals surface area contributed by atoms with Crippen molar-refractivity contribution in [3.63, 3.8) is 0 Å². The average molecular weight is 609 g/mol. The number of thiazole rings is 1. The maximum atomic E-state index is 13.9. The molecule has 226 valence electrons. The van der Waals surface area contributed by atoms with E-state index in [4.69, 9.17) is 23.9 Å². The fourth-order valence-electron chi connectivity index (χ4n) is 4.24. The van der Waals surface area contributed by atoms with Gasteiger partial charge in [-0.1, -0.05) is 25.2 Å². The molecule has 0 aliphatic heterocycles. The summed E-state index contributed by atoms with van der Waals surface area (Å²) in [5, 5.41) is 0.537. The maximum absolute atomic E-state index is 13.9. The Bertz CT molecular complexity index is 1330. The normalized spacial score (nSPS) is 11.9. The van der Waals surface area contributed by atoms with Crippen LogP contribution in [-0.2, 0) is 19.5 Å². The predicted octanol–water partition coefficient (Wildman–Crippen LogP) is 3.59. The fourth-order valence-corrected chi connectivity index (χ4v) is 6.64. The largest absolute Gasteiger partial charge is 0.493 e. The van der Waals surface area contributed by atoms with Crippen LogP contribution in [0.1, 0.15) is 24.2 Å². The number of ether oxygens (including phenoxy) is 4. The van der Waals surface area contributed by atoms with Crippen LogP contribution < -0.4 is 14.4 Å². The molecule has 1 aromatic heterocycles. The lowest BCUT2D eigenvalue weighted by Crippen LogP contribution is -2.39. The molecule has 13 heteroatoms. The van der Waals surface area contributed by atoms with Gasteiger partial charge in [0, 0.05) is 58.1 Å². The number of fused-ring (bicyclic) bond motifs is 1. The second-order valence-electron chi connectivity index (χ2n) is 9.07. The van der Waals surface area contributed by atoms with Crippen LogP contribution >= 0.6 is 11.3 Å². The number of sulfonamides is 1. The van der Waals surface area contributed by atoms with E-state index in [1.54, 1.807) is 37.3 Å². The molecule has 3 aromatic rings. The van der Waals surface area contributed by atoms with Gasteiger partial charge in [-0.2, -0.15) is 4.31 Å². The fraction of sp³-hybridized carbons (Fsp3) is 0.500. The molecule has 0 atom stereocenters. The Hall–Kier alpha value is -2.81. The Morgan fingerprint density at radius 2 is 1.44 bits per heavy atom. The summed E-state index contributed by atoms with van der Waals surface area (Å²) in [4.78, 5) is 22.6. The summed E-state index contributed by atoms with van der Waals surface area (Å²) in [7, 11) is 2.37. The number of carbonyl (C=O) groups is 1. The van der Waals surface area contributed by atoms with Crippen LogP contribution in [0, 0.1) is 0 Å². The topological polar surface area (TPSA) is 111 Å². The number of methoxy groups -OCH3 is 4. The summed E-state index contributed by atoms with van der Waals surface area (Å²) in [6.45, 7) is 7.80. The number of aromatic nitrogens is 1. The highest BCUT2D eigenvalue weighted by Gasteiger charge is 2.26. The second-order valence-corrected chi connectivity index (χ2v) is 12.0. The van der Waals surface area contributed by atoms with Gasteiger partial charge in [-0.05, 0) is 37.4 Å². The van der Waals surface area contributed by atoms with Crippen molar-refractivity contribution in [2.75, 3.05) is 85.8 Å². The third-order valence-corrected chi connectivity index (χ3v) is 9.68. The number of hydrogen-bond acceptors (Lipinski definition) is 10. The molecule has 0 radical (unpaired) electrons. The van der Waals surface area contributed by atoms with Gasteiger partial charge in [-0.15, -0.1) is 0 Å². The third kappa shape index (κ3) is 7.93. The van der Waals surface area contributed by atoms with E-state index in [-0.39, 0.29) is 37.1 Å². The molecule has 0 aliphatic carbocycles. The first-order chi connectivity index (χ1) is 19.7. The molecule has 1 amide bonds. The highest BCUT2D eigenvalue weighted by Crippen LogP contribution is 2.37. The standard InChI is InChI=1S/C28H40N4O7S2/c1-7-30(8-2)13-14-32(28-29-23-19-24(38-5)25(39-6)20-26(23)40-28)27(33)21-9-11-22(12-10-21)41(34,35)31(15-17-36-3)16-18-37-4/h9-12,19-20H,7-8,13-18H2,1-6H3. The van der Waals surface area contributed by atoms with Crippen LogP contribution in [0.15, 0.2) is 41.3 Å². The number of nitrogens with zero attached hydrogens (tertiary/aromatic N) is 4. The first-order valence-corrected chi connectivity index (χ1v) is 15.6. The molecule has 0 aliphatic rings. The number of anilines is 1. The van der Waals surface area contributed by atoms with E-state index in [0.717, 1.165) is 17.8 Å². The SMILES string of the molecule is CCN(CC)CCN(C(=O)c1ccc(S(=O)(=O)N(CCOC)CCOC)cc1)c1nc2cc(OC)c(OC)cc2s1. The minimum Gasteiger partial charge on any atom is -0.493 e. The van der Waals surface area contributed by atoms with Gasteiger partial charge < -0.3 is 23.8 Å². The second kappa shape index (κ2) is 15.4. The van der Waals surface area contributed by atoms with Gasteiger partial charge in [0.25, 0.3) is 5.91 Å². The molecule has 0 spiro atoms. The molecule has 0 N–H and O–H groups in total. The van der Waals surface area contributed by atoms with Crippen molar-refractivity contribution in [2.24, 2.45) is 0 Å². The Labute approximate surface area is 246 Å². The molecule has 3 rings (SSSR count). The van der Waals surface area contributed by atoms with Crippen molar-refractivity contribution in [3.05, 3.63) is 42.0 Å². The number of carbonyl (C=O) groups excluding carboxylic acids is 1. The van der Waals surface area contributed by atoms with Crippen LogP contribution in [0.2, 0.25) is 0 Å². The summed E-state index contributed by atoms with van der Waals surface area (Å²) in [5.41, 5.74) is 1.05. The minimum atomic E-state index is -3.81. The zero-order valence-corrected chi connectivity index (χ0v) is 26.2.